The lowest BCUT2D eigenvalue weighted by Gasteiger charge is -2.28. The molecule has 10 N–H and O–H groups in total. The molecule has 0 aliphatic heterocycles. The van der Waals surface area contributed by atoms with Crippen molar-refractivity contribution in [3.8, 4) is 0 Å². The number of hydrogen-bond acceptors (Lipinski definition) is 7. The Morgan fingerprint density at radius 2 is 1.33 bits per heavy atom. The maximum atomic E-state index is 13.0. The summed E-state index contributed by atoms with van der Waals surface area (Å²) in [5.74, 6) is -4.35. The van der Waals surface area contributed by atoms with Crippen molar-refractivity contribution in [3.05, 3.63) is 0 Å². The van der Waals surface area contributed by atoms with Gasteiger partial charge in [-0.25, -0.2) is 4.79 Å². The standard InChI is InChI=1S/C21H40N6O6/c1-11(2)16(20(31)27-17(12(3)4)21(32)33)26-19(30)14(7-5-6-10-22)25-18(29)13(23)8-9-15(24)28/h11-14,16-17H,5-10,22-23H2,1-4H3,(H2,24,28)(H,25,29)(H,26,30)(H,27,31)(H,32,33). The van der Waals surface area contributed by atoms with Crippen molar-refractivity contribution in [2.24, 2.45) is 29.0 Å². The number of carboxylic acid groups (broad SMARTS) is 1. The zero-order valence-electron chi connectivity index (χ0n) is 19.9. The van der Waals surface area contributed by atoms with Crippen LogP contribution in [0.2, 0.25) is 0 Å². The predicted molar refractivity (Wildman–Crippen MR) is 122 cm³/mol. The van der Waals surface area contributed by atoms with Gasteiger partial charge in [-0.2, -0.15) is 0 Å². The summed E-state index contributed by atoms with van der Waals surface area (Å²) in [6.07, 6.45) is 1.37. The van der Waals surface area contributed by atoms with Gasteiger partial charge in [-0.1, -0.05) is 27.7 Å². The summed E-state index contributed by atoms with van der Waals surface area (Å²) in [5, 5.41) is 17.0. The zero-order valence-corrected chi connectivity index (χ0v) is 19.9. The van der Waals surface area contributed by atoms with Crippen LogP contribution in [0.5, 0.6) is 0 Å². The van der Waals surface area contributed by atoms with Gasteiger partial charge in [0.05, 0.1) is 6.04 Å². The normalized spacial score (nSPS) is 14.8. The van der Waals surface area contributed by atoms with Crippen LogP contribution in [-0.2, 0) is 24.0 Å². The fourth-order valence-electron chi connectivity index (χ4n) is 3.01. The van der Waals surface area contributed by atoms with Gasteiger partial charge in [-0.15, -0.1) is 0 Å². The van der Waals surface area contributed by atoms with Gasteiger partial charge in [0.25, 0.3) is 0 Å². The third-order valence-corrected chi connectivity index (χ3v) is 5.10. The minimum Gasteiger partial charge on any atom is -0.480 e. The summed E-state index contributed by atoms with van der Waals surface area (Å²) >= 11 is 0. The Kier molecular flexibility index (Phi) is 13.9. The molecule has 12 heteroatoms. The first-order valence-corrected chi connectivity index (χ1v) is 11.2. The molecule has 0 bridgehead atoms. The molecule has 0 aliphatic carbocycles. The number of amides is 4. The van der Waals surface area contributed by atoms with Gasteiger partial charge in [0.1, 0.15) is 18.1 Å². The number of nitrogens with one attached hydrogen (secondary N) is 3. The number of carbonyl (C=O) groups is 5. The van der Waals surface area contributed by atoms with Crippen LogP contribution in [0, 0.1) is 11.8 Å². The van der Waals surface area contributed by atoms with Crippen LogP contribution in [0.3, 0.4) is 0 Å². The van der Waals surface area contributed by atoms with Crippen molar-refractivity contribution < 1.29 is 29.1 Å². The first-order chi connectivity index (χ1) is 15.3. The number of nitrogens with two attached hydrogens (primary N) is 3. The highest BCUT2D eigenvalue weighted by Crippen LogP contribution is 2.09. The molecule has 12 nitrogen and oxygen atoms in total. The van der Waals surface area contributed by atoms with Gasteiger partial charge in [0.15, 0.2) is 0 Å². The van der Waals surface area contributed by atoms with Crippen LogP contribution >= 0.6 is 0 Å². The molecule has 0 aromatic heterocycles. The van der Waals surface area contributed by atoms with E-state index in [2.05, 4.69) is 16.0 Å². The van der Waals surface area contributed by atoms with Crippen molar-refractivity contribution in [2.75, 3.05) is 6.54 Å². The summed E-state index contributed by atoms with van der Waals surface area (Å²) in [7, 11) is 0. The van der Waals surface area contributed by atoms with Crippen LogP contribution in [0.15, 0.2) is 0 Å². The first kappa shape index (κ1) is 30.3. The second-order valence-electron chi connectivity index (χ2n) is 8.76. The fourth-order valence-corrected chi connectivity index (χ4v) is 3.01. The molecular formula is C21H40N6O6. The summed E-state index contributed by atoms with van der Waals surface area (Å²) in [6, 6.07) is -4.15. The number of carbonyl (C=O) groups excluding carboxylic acids is 4. The van der Waals surface area contributed by atoms with Gasteiger partial charge in [0.2, 0.25) is 23.6 Å². The summed E-state index contributed by atoms with van der Waals surface area (Å²) in [4.78, 5) is 60.5. The molecule has 0 heterocycles. The largest absolute Gasteiger partial charge is 0.480 e. The molecule has 0 aromatic carbocycles. The zero-order chi connectivity index (χ0) is 25.7. The second kappa shape index (κ2) is 15.2. The van der Waals surface area contributed by atoms with E-state index in [0.717, 1.165) is 0 Å². The molecule has 190 valence electrons. The Bertz CT molecular complexity index is 684. The Balaban J connectivity index is 5.40. The molecule has 4 atom stereocenters. The van der Waals surface area contributed by atoms with E-state index in [1.54, 1.807) is 27.7 Å². The van der Waals surface area contributed by atoms with E-state index in [1.807, 2.05) is 0 Å². The molecule has 0 spiro atoms. The molecule has 0 saturated carbocycles. The molecule has 33 heavy (non-hydrogen) atoms. The van der Waals surface area contributed by atoms with Crippen molar-refractivity contribution in [1.29, 1.82) is 0 Å². The lowest BCUT2D eigenvalue weighted by molar-refractivity contribution is -0.144. The summed E-state index contributed by atoms with van der Waals surface area (Å²) in [5.41, 5.74) is 16.4. The Morgan fingerprint density at radius 3 is 1.79 bits per heavy atom. The number of unbranched alkanes of at least 4 members (excludes halogenated alkanes) is 1. The lowest BCUT2D eigenvalue weighted by Crippen LogP contribution is -2.59. The summed E-state index contributed by atoms with van der Waals surface area (Å²) in [6.45, 7) is 7.14. The predicted octanol–water partition coefficient (Wildman–Crippen LogP) is -1.44. The maximum absolute atomic E-state index is 13.0. The molecule has 0 aromatic rings. The average Bonchev–Trinajstić information content (AvgIpc) is 2.72. The topological polar surface area (TPSA) is 220 Å². The van der Waals surface area contributed by atoms with E-state index in [-0.39, 0.29) is 31.1 Å². The minimum atomic E-state index is -1.18. The quantitative estimate of drug-likeness (QED) is 0.131. The van der Waals surface area contributed by atoms with E-state index >= 15 is 0 Å². The SMILES string of the molecule is CC(C)C(NC(=O)C(NC(=O)C(CCCCN)NC(=O)C(N)CCC(N)=O)C(C)C)C(=O)O. The van der Waals surface area contributed by atoms with Crippen LogP contribution in [0.1, 0.15) is 59.8 Å². The molecule has 4 amide bonds. The average molecular weight is 473 g/mol. The Labute approximate surface area is 194 Å². The first-order valence-electron chi connectivity index (χ1n) is 11.2. The van der Waals surface area contributed by atoms with Gasteiger partial charge >= 0.3 is 5.97 Å². The molecule has 0 aliphatic rings. The van der Waals surface area contributed by atoms with Crippen molar-refractivity contribution in [3.63, 3.8) is 0 Å². The highest BCUT2D eigenvalue weighted by molar-refractivity contribution is 5.94. The number of hydrogen-bond donors (Lipinski definition) is 7. The van der Waals surface area contributed by atoms with Crippen molar-refractivity contribution in [1.82, 2.24) is 16.0 Å². The van der Waals surface area contributed by atoms with Gasteiger partial charge in [-0.3, -0.25) is 19.2 Å². The van der Waals surface area contributed by atoms with Crippen LogP contribution in [-0.4, -0.2) is 65.4 Å². The molecule has 0 radical (unpaired) electrons. The Morgan fingerprint density at radius 1 is 0.788 bits per heavy atom. The van der Waals surface area contributed by atoms with E-state index in [4.69, 9.17) is 17.2 Å². The lowest BCUT2D eigenvalue weighted by atomic mass is 9.99. The van der Waals surface area contributed by atoms with Crippen LogP contribution in [0.4, 0.5) is 0 Å². The maximum Gasteiger partial charge on any atom is 0.326 e. The van der Waals surface area contributed by atoms with Gasteiger partial charge in [0, 0.05) is 6.42 Å². The highest BCUT2D eigenvalue weighted by atomic mass is 16.4. The molecule has 0 rings (SSSR count). The monoisotopic (exact) mass is 472 g/mol. The van der Waals surface area contributed by atoms with Gasteiger partial charge < -0.3 is 38.3 Å². The van der Waals surface area contributed by atoms with Crippen molar-refractivity contribution >= 4 is 29.6 Å². The molecule has 0 fully saturated rings. The molecule has 0 saturated heterocycles. The smallest absolute Gasteiger partial charge is 0.326 e. The summed E-state index contributed by atoms with van der Waals surface area (Å²) < 4.78 is 0. The number of aliphatic carboxylic acids is 1. The van der Waals surface area contributed by atoms with Crippen LogP contribution in [0.25, 0.3) is 0 Å². The second-order valence-corrected chi connectivity index (χ2v) is 8.76. The molecule has 4 unspecified atom stereocenters. The van der Waals surface area contributed by atoms with E-state index in [1.165, 1.54) is 0 Å². The molecular weight excluding hydrogens is 432 g/mol. The minimum absolute atomic E-state index is 0.0289. The third kappa shape index (κ3) is 11.6. The Hall–Kier alpha value is -2.73. The van der Waals surface area contributed by atoms with Crippen molar-refractivity contribution in [2.45, 2.75) is 84.0 Å². The van der Waals surface area contributed by atoms with Gasteiger partial charge in [-0.05, 0) is 44.1 Å². The fraction of sp³-hybridized carbons (Fsp3) is 0.762. The number of primary amides is 1. The number of rotatable bonds is 16. The van der Waals surface area contributed by atoms with Crippen LogP contribution < -0.4 is 33.2 Å². The van der Waals surface area contributed by atoms with E-state index in [9.17, 15) is 29.1 Å². The van der Waals surface area contributed by atoms with E-state index in [0.29, 0.717) is 19.4 Å². The van der Waals surface area contributed by atoms with E-state index < -0.39 is 53.8 Å². The third-order valence-electron chi connectivity index (χ3n) is 5.10. The number of carboxylic acids is 1. The highest BCUT2D eigenvalue weighted by Gasteiger charge is 2.32.